The molecule has 0 bridgehead atoms. The first-order chi connectivity index (χ1) is 13.1. The molecule has 0 aromatic heterocycles. The molecule has 0 radical (unpaired) electrons. The maximum Gasteiger partial charge on any atom is 0.308 e. The molecule has 6 nitrogen and oxygen atoms in total. The van der Waals surface area contributed by atoms with Gasteiger partial charge in [-0.25, -0.2) is 0 Å². The Morgan fingerprint density at radius 3 is 2.74 bits per heavy atom. The van der Waals surface area contributed by atoms with Crippen LogP contribution in [0.1, 0.15) is 19.3 Å². The largest absolute Gasteiger partial charge is 0.469 e. The number of ether oxygens (including phenoxy) is 1. The van der Waals surface area contributed by atoms with Gasteiger partial charge in [0.25, 0.3) is 0 Å². The molecule has 3 rings (SSSR count). The van der Waals surface area contributed by atoms with Gasteiger partial charge in [0.05, 0.1) is 13.0 Å². The van der Waals surface area contributed by atoms with Crippen LogP contribution in [-0.2, 0) is 9.53 Å². The second-order valence-corrected chi connectivity index (χ2v) is 8.21. The van der Waals surface area contributed by atoms with E-state index in [2.05, 4.69) is 60.3 Å². The van der Waals surface area contributed by atoms with E-state index in [1.807, 2.05) is 7.05 Å². The predicted molar refractivity (Wildman–Crippen MR) is 112 cm³/mol. The van der Waals surface area contributed by atoms with Crippen LogP contribution in [0, 0.1) is 11.8 Å². The normalized spacial score (nSPS) is 21.4. The van der Waals surface area contributed by atoms with E-state index in [9.17, 15) is 4.79 Å². The molecule has 1 N–H and O–H groups in total. The lowest BCUT2D eigenvalue weighted by atomic mass is 9.97. The number of hydrogen-bond donors (Lipinski definition) is 1. The third kappa shape index (κ3) is 5.15. The number of anilines is 1. The second kappa shape index (κ2) is 9.44. The van der Waals surface area contributed by atoms with Crippen LogP contribution in [0.5, 0.6) is 0 Å². The molecule has 148 valence electrons. The summed E-state index contributed by atoms with van der Waals surface area (Å²) in [7, 11) is 3.30. The average molecular weight is 437 g/mol. The lowest BCUT2D eigenvalue weighted by Crippen LogP contribution is -2.47. The fourth-order valence-corrected chi connectivity index (χ4v) is 4.36. The Hall–Kier alpha value is -1.76. The Kier molecular flexibility index (Phi) is 6.99. The highest BCUT2D eigenvalue weighted by Crippen LogP contribution is 2.26. The van der Waals surface area contributed by atoms with E-state index < -0.39 is 0 Å². The Morgan fingerprint density at radius 1 is 1.30 bits per heavy atom. The summed E-state index contributed by atoms with van der Waals surface area (Å²) in [5.74, 6) is 1.49. The maximum absolute atomic E-state index is 11.7. The summed E-state index contributed by atoms with van der Waals surface area (Å²) in [6.07, 6.45) is 2.84. The molecule has 2 aliphatic rings. The van der Waals surface area contributed by atoms with Gasteiger partial charge < -0.3 is 19.9 Å². The molecule has 1 atom stereocenters. The summed E-state index contributed by atoms with van der Waals surface area (Å²) >= 11 is 3.56. The standard InChI is InChI=1S/C20H29BrN4O2/c1-22-20(24-10-7-16(8-11-24)19(26)27-2)23-13-15-6-9-25(14-15)18-5-3-4-17(21)12-18/h3-5,12,15-16H,6-11,13-14H2,1-2H3,(H,22,23). The molecule has 1 unspecified atom stereocenters. The van der Waals surface area contributed by atoms with E-state index in [0.29, 0.717) is 5.92 Å². The summed E-state index contributed by atoms with van der Waals surface area (Å²) in [5.41, 5.74) is 1.28. The monoisotopic (exact) mass is 436 g/mol. The highest BCUT2D eigenvalue weighted by Gasteiger charge is 2.28. The molecule has 2 aliphatic heterocycles. The smallest absolute Gasteiger partial charge is 0.308 e. The first-order valence-electron chi connectivity index (χ1n) is 9.64. The van der Waals surface area contributed by atoms with Gasteiger partial charge in [0.2, 0.25) is 0 Å². The highest BCUT2D eigenvalue weighted by molar-refractivity contribution is 9.10. The molecule has 2 fully saturated rings. The zero-order valence-electron chi connectivity index (χ0n) is 16.2. The van der Waals surface area contributed by atoms with Crippen LogP contribution < -0.4 is 10.2 Å². The summed E-state index contributed by atoms with van der Waals surface area (Å²) in [4.78, 5) is 20.8. The topological polar surface area (TPSA) is 57.2 Å². The van der Waals surface area contributed by atoms with Crippen molar-refractivity contribution in [2.45, 2.75) is 19.3 Å². The quantitative estimate of drug-likeness (QED) is 0.446. The number of aliphatic imine (C=N–C) groups is 1. The van der Waals surface area contributed by atoms with Crippen LogP contribution in [0.15, 0.2) is 33.7 Å². The van der Waals surface area contributed by atoms with Gasteiger partial charge in [-0.05, 0) is 43.4 Å². The van der Waals surface area contributed by atoms with Crippen molar-refractivity contribution >= 4 is 33.5 Å². The molecular formula is C20H29BrN4O2. The second-order valence-electron chi connectivity index (χ2n) is 7.29. The summed E-state index contributed by atoms with van der Waals surface area (Å²) in [5, 5.41) is 3.55. The molecule has 1 aromatic carbocycles. The van der Waals surface area contributed by atoms with Crippen molar-refractivity contribution in [1.82, 2.24) is 10.2 Å². The van der Waals surface area contributed by atoms with Crippen molar-refractivity contribution in [3.8, 4) is 0 Å². The minimum absolute atomic E-state index is 0.0259. The number of methoxy groups -OCH3 is 1. The summed E-state index contributed by atoms with van der Waals surface area (Å²) < 4.78 is 5.99. The lowest BCUT2D eigenvalue weighted by Gasteiger charge is -2.33. The van der Waals surface area contributed by atoms with Crippen LogP contribution in [0.3, 0.4) is 0 Å². The van der Waals surface area contributed by atoms with Gasteiger partial charge in [-0.1, -0.05) is 22.0 Å². The third-order valence-corrected chi connectivity index (χ3v) is 6.04. The number of carbonyl (C=O) groups is 1. The van der Waals surface area contributed by atoms with Crippen LogP contribution in [0.4, 0.5) is 5.69 Å². The Bertz CT molecular complexity index is 674. The van der Waals surface area contributed by atoms with E-state index in [-0.39, 0.29) is 11.9 Å². The first kappa shape index (κ1) is 20.0. The van der Waals surface area contributed by atoms with Crippen molar-refractivity contribution in [1.29, 1.82) is 0 Å². The van der Waals surface area contributed by atoms with Crippen molar-refractivity contribution < 1.29 is 9.53 Å². The Balaban J connectivity index is 1.46. The van der Waals surface area contributed by atoms with E-state index in [1.54, 1.807) is 0 Å². The number of rotatable bonds is 4. The number of piperidine rings is 1. The minimum atomic E-state index is -0.0869. The molecule has 1 aromatic rings. The van der Waals surface area contributed by atoms with Gasteiger partial charge >= 0.3 is 5.97 Å². The van der Waals surface area contributed by atoms with E-state index in [4.69, 9.17) is 4.74 Å². The number of nitrogens with zero attached hydrogens (tertiary/aromatic N) is 3. The van der Waals surface area contributed by atoms with Crippen molar-refractivity contribution in [2.75, 3.05) is 51.8 Å². The van der Waals surface area contributed by atoms with Gasteiger partial charge in [-0.3, -0.25) is 9.79 Å². The fourth-order valence-electron chi connectivity index (χ4n) is 3.97. The molecule has 0 spiro atoms. The highest BCUT2D eigenvalue weighted by atomic mass is 79.9. The van der Waals surface area contributed by atoms with Crippen LogP contribution >= 0.6 is 15.9 Å². The molecule has 2 heterocycles. The SMILES string of the molecule is CN=C(NCC1CCN(c2cccc(Br)c2)C1)N1CCC(C(=O)OC)CC1. The molecular weight excluding hydrogens is 408 g/mol. The van der Waals surface area contributed by atoms with Gasteiger partial charge in [0, 0.05) is 49.9 Å². The lowest BCUT2D eigenvalue weighted by molar-refractivity contribution is -0.146. The first-order valence-corrected chi connectivity index (χ1v) is 10.4. The van der Waals surface area contributed by atoms with Gasteiger partial charge in [-0.2, -0.15) is 0 Å². The number of likely N-dealkylation sites (tertiary alicyclic amines) is 1. The van der Waals surface area contributed by atoms with Gasteiger partial charge in [0.15, 0.2) is 5.96 Å². The molecule has 7 heteroatoms. The van der Waals surface area contributed by atoms with Gasteiger partial charge in [-0.15, -0.1) is 0 Å². The van der Waals surface area contributed by atoms with E-state index in [1.165, 1.54) is 19.2 Å². The molecule has 2 saturated heterocycles. The van der Waals surface area contributed by atoms with Crippen LogP contribution in [0.2, 0.25) is 0 Å². The maximum atomic E-state index is 11.7. The third-order valence-electron chi connectivity index (χ3n) is 5.55. The van der Waals surface area contributed by atoms with Crippen molar-refractivity contribution in [2.24, 2.45) is 16.8 Å². The average Bonchev–Trinajstić information content (AvgIpc) is 3.17. The number of halogens is 1. The van der Waals surface area contributed by atoms with Crippen molar-refractivity contribution in [3.63, 3.8) is 0 Å². The number of guanidine groups is 1. The number of benzene rings is 1. The van der Waals surface area contributed by atoms with Gasteiger partial charge in [0.1, 0.15) is 0 Å². The number of hydrogen-bond acceptors (Lipinski definition) is 4. The molecule has 0 saturated carbocycles. The Morgan fingerprint density at radius 2 is 2.07 bits per heavy atom. The summed E-state index contributed by atoms with van der Waals surface area (Å²) in [6.45, 7) is 4.76. The Labute approximate surface area is 170 Å². The number of nitrogens with one attached hydrogen (secondary N) is 1. The van der Waals surface area contributed by atoms with Crippen LogP contribution in [0.25, 0.3) is 0 Å². The summed E-state index contributed by atoms with van der Waals surface area (Å²) in [6, 6.07) is 8.50. The molecule has 27 heavy (non-hydrogen) atoms. The van der Waals surface area contributed by atoms with E-state index in [0.717, 1.165) is 56.0 Å². The fraction of sp³-hybridized carbons (Fsp3) is 0.600. The zero-order valence-corrected chi connectivity index (χ0v) is 17.7. The predicted octanol–water partition coefficient (Wildman–Crippen LogP) is 2.74. The van der Waals surface area contributed by atoms with Crippen molar-refractivity contribution in [3.05, 3.63) is 28.7 Å². The molecule has 0 amide bonds. The minimum Gasteiger partial charge on any atom is -0.469 e. The number of esters is 1. The zero-order chi connectivity index (χ0) is 19.2. The number of carbonyl (C=O) groups excluding carboxylic acids is 1. The van der Waals surface area contributed by atoms with E-state index >= 15 is 0 Å². The molecule has 0 aliphatic carbocycles. The van der Waals surface area contributed by atoms with Crippen LogP contribution in [-0.4, -0.2) is 63.7 Å².